The molecule has 0 amide bonds. The molecule has 7 heteroatoms. The molecule has 2 aliphatic heterocycles. The average Bonchev–Trinajstić information content (AvgIpc) is 2.78. The number of hydrogen-bond donors (Lipinski definition) is 0. The molecule has 16 heavy (non-hydrogen) atoms. The summed E-state index contributed by atoms with van der Waals surface area (Å²) in [7, 11) is 4.04. The van der Waals surface area contributed by atoms with Crippen molar-refractivity contribution in [3.63, 3.8) is 0 Å². The Morgan fingerprint density at radius 2 is 1.31 bits per heavy atom. The Hall–Kier alpha value is 0.302. The van der Waals surface area contributed by atoms with Gasteiger partial charge in [0.15, 0.2) is 0 Å². The van der Waals surface area contributed by atoms with E-state index >= 15 is 0 Å². The third-order valence-electron chi connectivity index (χ3n) is 1.97. The van der Waals surface area contributed by atoms with Crippen LogP contribution in [0.25, 0.3) is 0 Å². The molecule has 0 radical (unpaired) electrons. The summed E-state index contributed by atoms with van der Waals surface area (Å²) in [4.78, 5) is 8.31. The van der Waals surface area contributed by atoms with E-state index in [1.165, 1.54) is 0 Å². The molecule has 0 N–H and O–H groups in total. The zero-order valence-electron chi connectivity index (χ0n) is 9.03. The minimum absolute atomic E-state index is 0.575. The van der Waals surface area contributed by atoms with Gasteiger partial charge in [0.1, 0.15) is 0 Å². The van der Waals surface area contributed by atoms with Crippen LogP contribution in [-0.2, 0) is 13.9 Å². The second-order valence-corrected chi connectivity index (χ2v) is 10.5. The molecule has 0 bridgehead atoms. The first-order valence-electron chi connectivity index (χ1n) is 4.50. The summed E-state index contributed by atoms with van der Waals surface area (Å²) in [6.45, 7) is 4.97. The number of halogens is 2. The summed E-state index contributed by atoms with van der Waals surface area (Å²) >= 11 is 6.80. The Bertz CT molecular complexity index is 238. The van der Waals surface area contributed by atoms with Gasteiger partial charge in [0.05, 0.1) is 0 Å². The van der Waals surface area contributed by atoms with E-state index in [4.69, 9.17) is 0 Å². The predicted octanol–water partition coefficient (Wildman–Crippen LogP) is 2.31. The fourth-order valence-corrected chi connectivity index (χ4v) is 1.36. The normalized spacial score (nSPS) is 18.5. The first-order valence-corrected chi connectivity index (χ1v) is 11.6. The maximum atomic E-state index is 3.11. The van der Waals surface area contributed by atoms with Gasteiger partial charge < -0.3 is 19.6 Å². The fraction of sp³-hybridized carbons (Fsp3) is 0.333. The minimum atomic E-state index is 0.575. The van der Waals surface area contributed by atoms with E-state index in [-0.39, 0.29) is 0 Å². The van der Waals surface area contributed by atoms with E-state index in [0.717, 1.165) is 6.67 Å². The molecule has 0 saturated heterocycles. The first-order chi connectivity index (χ1) is 7.65. The third kappa shape index (κ3) is 5.09. The second-order valence-electron chi connectivity index (χ2n) is 3.37. The van der Waals surface area contributed by atoms with E-state index in [1.54, 1.807) is 0 Å². The second kappa shape index (κ2) is 7.59. The first kappa shape index (κ1) is 14.4. The molecule has 4 nitrogen and oxygen atoms in total. The molecule has 96 valence electrons. The molecule has 0 saturated carbocycles. The number of hydrogen-bond acceptors (Lipinski definition) is 4. The van der Waals surface area contributed by atoms with E-state index < -0.39 is 0 Å². The zero-order chi connectivity index (χ0) is 12.0. The van der Waals surface area contributed by atoms with Crippen molar-refractivity contribution < 1.29 is 13.9 Å². The van der Waals surface area contributed by atoms with Crippen molar-refractivity contribution in [2.75, 3.05) is 20.8 Å². The van der Waals surface area contributed by atoms with Crippen LogP contribution in [0.2, 0.25) is 0 Å². The van der Waals surface area contributed by atoms with Crippen LogP contribution < -0.4 is 0 Å². The summed E-state index contributed by atoms with van der Waals surface area (Å²) in [6, 6.07) is 0. The van der Waals surface area contributed by atoms with Crippen molar-refractivity contribution in [1.82, 2.24) is 19.6 Å². The monoisotopic (exact) mass is 442 g/mol. The van der Waals surface area contributed by atoms with Gasteiger partial charge in [-0.3, -0.25) is 0 Å². The van der Waals surface area contributed by atoms with Crippen molar-refractivity contribution in [3.8, 4) is 0 Å². The molecule has 0 spiro atoms. The Kier molecular flexibility index (Phi) is 6.82. The summed E-state index contributed by atoms with van der Waals surface area (Å²) < 4.78 is 0. The maximum absolute atomic E-state index is 3.11. The van der Waals surface area contributed by atoms with Crippen molar-refractivity contribution in [2.45, 2.75) is 0 Å². The van der Waals surface area contributed by atoms with Crippen molar-refractivity contribution >= 4 is 26.9 Å². The molecule has 0 aromatic heterocycles. The van der Waals surface area contributed by atoms with Gasteiger partial charge in [-0.2, -0.15) is 13.3 Å². The molecule has 2 heterocycles. The van der Waals surface area contributed by atoms with E-state index in [1.807, 2.05) is 36.3 Å². The van der Waals surface area contributed by atoms with Gasteiger partial charge in [0.25, 0.3) is 0 Å². The molecule has 0 aliphatic carbocycles. The van der Waals surface area contributed by atoms with E-state index in [9.17, 15) is 0 Å². The van der Waals surface area contributed by atoms with Crippen LogP contribution in [0.3, 0.4) is 0 Å². The van der Waals surface area contributed by atoms with Crippen LogP contribution >= 0.6 is 26.9 Å². The van der Waals surface area contributed by atoms with Gasteiger partial charge in [0, 0.05) is 6.67 Å². The zero-order valence-corrected chi connectivity index (χ0v) is 13.8. The molecule has 0 unspecified atom stereocenters. The van der Waals surface area contributed by atoms with E-state index in [2.05, 4.69) is 62.4 Å². The van der Waals surface area contributed by atoms with Gasteiger partial charge in [-0.1, -0.05) is 0 Å². The van der Waals surface area contributed by atoms with Gasteiger partial charge >= 0.3 is 40.8 Å². The van der Waals surface area contributed by atoms with Gasteiger partial charge in [-0.05, 0) is 38.9 Å². The van der Waals surface area contributed by atoms with Crippen LogP contribution in [0.15, 0.2) is 24.8 Å². The van der Waals surface area contributed by atoms with E-state index in [0.29, 0.717) is 13.9 Å². The third-order valence-corrected chi connectivity index (χ3v) is 1.97. The van der Waals surface area contributed by atoms with Gasteiger partial charge in [-0.25, -0.2) is 0 Å². The summed E-state index contributed by atoms with van der Waals surface area (Å²) in [6.07, 6.45) is 8.17. The Labute approximate surface area is 119 Å². The van der Waals surface area contributed by atoms with Crippen LogP contribution in [0.5, 0.6) is 0 Å². The Morgan fingerprint density at radius 3 is 1.56 bits per heavy atom. The fourth-order valence-electron chi connectivity index (χ4n) is 1.36. The Balaban J connectivity index is 0.000000386. The topological polar surface area (TPSA) is 13.0 Å². The standard InChI is InChI=1S/C9H14N4.2BrH.Pd/c1-10-3-5-12(7-10)9-13-6-4-11(2)8-13;;;/h3-8H,9H2,1-2H3;2*1H;/q-2;;;+2/p-2. The molecular formula is C9H14Br2N4Pd-2. The summed E-state index contributed by atoms with van der Waals surface area (Å²) in [5.74, 6) is 0. The predicted molar refractivity (Wildman–Crippen MR) is 68.8 cm³/mol. The van der Waals surface area contributed by atoms with Crippen LogP contribution in [0, 0.1) is 13.3 Å². The molecule has 0 atom stereocenters. The molecule has 0 aromatic carbocycles. The Morgan fingerprint density at radius 1 is 0.938 bits per heavy atom. The molecule has 0 aromatic rings. The van der Waals surface area contributed by atoms with Crippen molar-refractivity contribution in [3.05, 3.63) is 38.1 Å². The molecule has 2 aliphatic rings. The SMILES string of the molecule is CN1C=CN(CN2C=CN(C)[CH-]2)[CH-]1.[Br][Pd][Br]. The number of rotatable bonds is 2. The van der Waals surface area contributed by atoms with Crippen molar-refractivity contribution in [1.29, 1.82) is 0 Å². The number of nitrogens with zero attached hydrogens (tertiary/aromatic N) is 4. The average molecular weight is 444 g/mol. The van der Waals surface area contributed by atoms with Gasteiger partial charge in [-0.15, -0.1) is 0 Å². The van der Waals surface area contributed by atoms with Gasteiger partial charge in [0.2, 0.25) is 0 Å². The van der Waals surface area contributed by atoms with Crippen LogP contribution in [0.1, 0.15) is 0 Å². The quantitative estimate of drug-likeness (QED) is 0.479. The molecule has 2 rings (SSSR count). The summed E-state index contributed by atoms with van der Waals surface area (Å²) in [5, 5.41) is 0. The van der Waals surface area contributed by atoms with Crippen LogP contribution in [0.4, 0.5) is 0 Å². The molecule has 0 fully saturated rings. The van der Waals surface area contributed by atoms with Crippen molar-refractivity contribution in [2.24, 2.45) is 0 Å². The molecular weight excluding hydrogens is 430 g/mol. The summed E-state index contributed by atoms with van der Waals surface area (Å²) in [5.41, 5.74) is 0. The van der Waals surface area contributed by atoms with Crippen LogP contribution in [-0.4, -0.2) is 40.4 Å².